The van der Waals surface area contributed by atoms with Crippen molar-refractivity contribution < 1.29 is 9.53 Å². The van der Waals surface area contributed by atoms with Crippen molar-refractivity contribution in [3.8, 4) is 5.75 Å². The fourth-order valence-electron chi connectivity index (χ4n) is 3.37. The minimum Gasteiger partial charge on any atom is -0.492 e. The van der Waals surface area contributed by atoms with E-state index in [0.717, 1.165) is 62.7 Å². The number of benzene rings is 1. The third-order valence-electron chi connectivity index (χ3n) is 4.81. The number of nitrogens with one attached hydrogen (secondary N) is 1. The van der Waals surface area contributed by atoms with Crippen LogP contribution in [0.15, 0.2) is 41.8 Å². The number of rotatable bonds is 9. The largest absolute Gasteiger partial charge is 0.492 e. The van der Waals surface area contributed by atoms with Gasteiger partial charge < -0.3 is 15.0 Å². The van der Waals surface area contributed by atoms with E-state index in [9.17, 15) is 4.79 Å². The molecule has 1 aromatic heterocycles. The molecule has 0 bridgehead atoms. The molecule has 0 aliphatic carbocycles. The van der Waals surface area contributed by atoms with Crippen LogP contribution >= 0.6 is 11.3 Å². The third-order valence-corrected chi connectivity index (χ3v) is 5.68. The fourth-order valence-corrected chi connectivity index (χ4v) is 4.01. The van der Waals surface area contributed by atoms with E-state index in [1.165, 1.54) is 17.0 Å². The number of amides is 1. The number of anilines is 1. The maximum Gasteiger partial charge on any atom is 0.261 e. The Morgan fingerprint density at radius 2 is 1.93 bits per heavy atom. The number of hydrogen-bond acceptors (Lipinski definition) is 5. The van der Waals surface area contributed by atoms with Gasteiger partial charge in [0, 0.05) is 32.7 Å². The first kappa shape index (κ1) is 19.7. The highest BCUT2D eigenvalue weighted by molar-refractivity contribution is 7.12. The molecule has 1 aliphatic rings. The molecule has 1 amide bonds. The van der Waals surface area contributed by atoms with Crippen molar-refractivity contribution in [2.75, 3.05) is 50.8 Å². The summed E-state index contributed by atoms with van der Waals surface area (Å²) in [6.45, 7) is 8.76. The summed E-state index contributed by atoms with van der Waals surface area (Å²) < 4.78 is 5.77. The summed E-state index contributed by atoms with van der Waals surface area (Å²) in [4.78, 5) is 17.6. The lowest BCUT2D eigenvalue weighted by Gasteiger charge is -2.36. The highest BCUT2D eigenvalue weighted by Gasteiger charge is 2.19. The fraction of sp³-hybridized carbons (Fsp3) is 0.476. The van der Waals surface area contributed by atoms with Gasteiger partial charge in [0.1, 0.15) is 5.75 Å². The van der Waals surface area contributed by atoms with Crippen molar-refractivity contribution in [1.82, 2.24) is 10.2 Å². The summed E-state index contributed by atoms with van der Waals surface area (Å²) in [6, 6.07) is 12.1. The standard InChI is InChI=1S/C21H29N3O2S/c1-2-26-19-9-4-3-8-18(19)24-15-13-23(14-16-24)12-6-5-11-22-21(25)20-10-7-17-27-20/h3-4,7-10,17H,2,5-6,11-16H2,1H3,(H,22,25). The Morgan fingerprint density at radius 1 is 1.11 bits per heavy atom. The third kappa shape index (κ3) is 5.71. The Morgan fingerprint density at radius 3 is 2.67 bits per heavy atom. The Bertz CT molecular complexity index is 697. The number of carbonyl (C=O) groups excluding carboxylic acids is 1. The zero-order chi connectivity index (χ0) is 18.9. The Hall–Kier alpha value is -2.05. The lowest BCUT2D eigenvalue weighted by atomic mass is 10.2. The van der Waals surface area contributed by atoms with Crippen molar-refractivity contribution in [1.29, 1.82) is 0 Å². The van der Waals surface area contributed by atoms with Gasteiger partial charge in [0.05, 0.1) is 17.2 Å². The maximum absolute atomic E-state index is 11.9. The Labute approximate surface area is 165 Å². The van der Waals surface area contributed by atoms with Crippen LogP contribution < -0.4 is 15.0 Å². The van der Waals surface area contributed by atoms with E-state index < -0.39 is 0 Å². The molecule has 27 heavy (non-hydrogen) atoms. The van der Waals surface area contributed by atoms with Crippen LogP contribution in [0.5, 0.6) is 5.75 Å². The van der Waals surface area contributed by atoms with Gasteiger partial charge in [0.25, 0.3) is 5.91 Å². The molecule has 0 spiro atoms. The first-order chi connectivity index (χ1) is 13.3. The van der Waals surface area contributed by atoms with E-state index >= 15 is 0 Å². The summed E-state index contributed by atoms with van der Waals surface area (Å²) >= 11 is 1.49. The number of carbonyl (C=O) groups is 1. The highest BCUT2D eigenvalue weighted by atomic mass is 32.1. The van der Waals surface area contributed by atoms with Gasteiger partial charge in [-0.15, -0.1) is 11.3 Å². The monoisotopic (exact) mass is 387 g/mol. The van der Waals surface area contributed by atoms with Gasteiger partial charge in [-0.05, 0) is 49.9 Å². The van der Waals surface area contributed by atoms with Gasteiger partial charge in [-0.1, -0.05) is 18.2 Å². The highest BCUT2D eigenvalue weighted by Crippen LogP contribution is 2.28. The van der Waals surface area contributed by atoms with Gasteiger partial charge in [0.15, 0.2) is 0 Å². The molecule has 1 saturated heterocycles. The van der Waals surface area contributed by atoms with Gasteiger partial charge >= 0.3 is 0 Å². The molecule has 0 radical (unpaired) electrons. The van der Waals surface area contributed by atoms with Crippen molar-refractivity contribution in [3.63, 3.8) is 0 Å². The second-order valence-corrected chi connectivity index (χ2v) is 7.62. The van der Waals surface area contributed by atoms with Crippen LogP contribution in [0.3, 0.4) is 0 Å². The minimum absolute atomic E-state index is 0.0478. The second-order valence-electron chi connectivity index (χ2n) is 6.67. The number of piperazine rings is 1. The predicted molar refractivity (Wildman–Crippen MR) is 112 cm³/mol. The molecule has 0 saturated carbocycles. The number of thiophene rings is 1. The topological polar surface area (TPSA) is 44.8 Å². The summed E-state index contributed by atoms with van der Waals surface area (Å²) in [6.07, 6.45) is 2.13. The van der Waals surface area contributed by atoms with Gasteiger partial charge in [0.2, 0.25) is 0 Å². The quantitative estimate of drug-likeness (QED) is 0.669. The van der Waals surface area contributed by atoms with E-state index in [-0.39, 0.29) is 5.91 Å². The number of nitrogens with zero attached hydrogens (tertiary/aromatic N) is 2. The smallest absolute Gasteiger partial charge is 0.261 e. The lowest BCUT2D eigenvalue weighted by Crippen LogP contribution is -2.46. The SMILES string of the molecule is CCOc1ccccc1N1CCN(CCCCNC(=O)c2cccs2)CC1. The van der Waals surface area contributed by atoms with Crippen LogP contribution in [0.4, 0.5) is 5.69 Å². The first-order valence-electron chi connectivity index (χ1n) is 9.78. The molecule has 1 aliphatic heterocycles. The minimum atomic E-state index is 0.0478. The first-order valence-corrected chi connectivity index (χ1v) is 10.7. The van der Waals surface area contributed by atoms with Crippen LogP contribution in [-0.2, 0) is 0 Å². The van der Waals surface area contributed by atoms with E-state index in [2.05, 4.69) is 33.3 Å². The molecule has 1 fully saturated rings. The van der Waals surface area contributed by atoms with Crippen LogP contribution in [0.1, 0.15) is 29.4 Å². The molecule has 2 aromatic rings. The van der Waals surface area contributed by atoms with Crippen LogP contribution in [0.2, 0.25) is 0 Å². The van der Waals surface area contributed by atoms with E-state index in [1.54, 1.807) is 0 Å². The molecule has 0 atom stereocenters. The molecule has 146 valence electrons. The van der Waals surface area contributed by atoms with Crippen LogP contribution in [0, 0.1) is 0 Å². The number of para-hydroxylation sites is 2. The number of ether oxygens (including phenoxy) is 1. The molecular weight excluding hydrogens is 358 g/mol. The zero-order valence-electron chi connectivity index (χ0n) is 16.0. The zero-order valence-corrected chi connectivity index (χ0v) is 16.8. The number of unbranched alkanes of at least 4 members (excludes halogenated alkanes) is 1. The van der Waals surface area contributed by atoms with Gasteiger partial charge in [-0.2, -0.15) is 0 Å². The molecular formula is C21H29N3O2S. The van der Waals surface area contributed by atoms with Crippen molar-refractivity contribution in [2.24, 2.45) is 0 Å². The van der Waals surface area contributed by atoms with Crippen molar-refractivity contribution in [2.45, 2.75) is 19.8 Å². The normalized spacial score (nSPS) is 14.9. The van der Waals surface area contributed by atoms with Crippen LogP contribution in [0.25, 0.3) is 0 Å². The van der Waals surface area contributed by atoms with E-state index in [4.69, 9.17) is 4.74 Å². The summed E-state index contributed by atoms with van der Waals surface area (Å²) in [5.41, 5.74) is 1.20. The molecule has 3 rings (SSSR count). The van der Waals surface area contributed by atoms with E-state index in [0.29, 0.717) is 6.61 Å². The summed E-state index contributed by atoms with van der Waals surface area (Å²) in [5, 5.41) is 4.93. The molecule has 1 N–H and O–H groups in total. The molecule has 0 unspecified atom stereocenters. The average Bonchev–Trinajstić information content (AvgIpc) is 3.24. The molecule has 2 heterocycles. The van der Waals surface area contributed by atoms with Crippen molar-refractivity contribution in [3.05, 3.63) is 46.7 Å². The molecule has 5 nitrogen and oxygen atoms in total. The predicted octanol–water partition coefficient (Wildman–Crippen LogP) is 3.48. The molecule has 1 aromatic carbocycles. The summed E-state index contributed by atoms with van der Waals surface area (Å²) in [5.74, 6) is 1.03. The molecule has 6 heteroatoms. The van der Waals surface area contributed by atoms with E-state index in [1.807, 2.05) is 30.5 Å². The Kier molecular flexibility index (Phi) is 7.54. The second kappa shape index (κ2) is 10.3. The van der Waals surface area contributed by atoms with Gasteiger partial charge in [-0.3, -0.25) is 9.69 Å². The van der Waals surface area contributed by atoms with Crippen molar-refractivity contribution >= 4 is 22.9 Å². The average molecular weight is 388 g/mol. The van der Waals surface area contributed by atoms with Crippen LogP contribution in [-0.4, -0.2) is 56.7 Å². The Balaban J connectivity index is 1.33. The summed E-state index contributed by atoms with van der Waals surface area (Å²) in [7, 11) is 0. The lowest BCUT2D eigenvalue weighted by molar-refractivity contribution is 0.0956. The van der Waals surface area contributed by atoms with Gasteiger partial charge in [-0.25, -0.2) is 0 Å². The maximum atomic E-state index is 11.9. The number of hydrogen-bond donors (Lipinski definition) is 1.